The lowest BCUT2D eigenvalue weighted by molar-refractivity contribution is 0.277. The molecule has 0 saturated carbocycles. The summed E-state index contributed by atoms with van der Waals surface area (Å²) in [6.45, 7) is 1.89. The van der Waals surface area contributed by atoms with Gasteiger partial charge in [-0.05, 0) is 6.92 Å². The molecule has 0 radical (unpaired) electrons. The van der Waals surface area contributed by atoms with Crippen LogP contribution in [0.25, 0.3) is 11.1 Å². The molecular weight excluding hydrogens is 168 g/mol. The van der Waals surface area contributed by atoms with E-state index < -0.39 is 0 Å². The maximum Gasteiger partial charge on any atom is 0.0853 e. The number of aliphatic hydroxyl groups excluding tert-OH is 1. The third-order valence-corrected chi connectivity index (χ3v) is 2.00. The zero-order valence-corrected chi connectivity index (χ0v) is 7.20. The number of nitrogens with zero attached hydrogens (tertiary/aromatic N) is 2. The molecule has 0 aliphatic heterocycles. The van der Waals surface area contributed by atoms with Crippen LogP contribution in [0, 0.1) is 6.92 Å². The van der Waals surface area contributed by atoms with Crippen LogP contribution in [-0.4, -0.2) is 25.5 Å². The fourth-order valence-corrected chi connectivity index (χ4v) is 1.29. The van der Waals surface area contributed by atoms with Gasteiger partial charge in [0.25, 0.3) is 0 Å². The predicted molar refractivity (Wildman–Crippen MR) is 46.8 cm³/mol. The van der Waals surface area contributed by atoms with Crippen molar-refractivity contribution in [2.75, 3.05) is 0 Å². The molecule has 3 N–H and O–H groups in total. The standard InChI is InChI=1S/C8H10N4O/c1-5-6(2-9-11-5)7-3-10-12-8(7)4-13/h2-3,13H,4H2,1H3,(H,9,11)(H,10,12). The summed E-state index contributed by atoms with van der Waals surface area (Å²) in [5.41, 5.74) is 3.55. The summed E-state index contributed by atoms with van der Waals surface area (Å²) in [5.74, 6) is 0. The van der Waals surface area contributed by atoms with Crippen LogP contribution in [0.2, 0.25) is 0 Å². The van der Waals surface area contributed by atoms with Crippen molar-refractivity contribution in [2.24, 2.45) is 0 Å². The number of aromatic nitrogens is 4. The number of H-pyrrole nitrogens is 2. The molecule has 0 spiro atoms. The molecule has 0 unspecified atom stereocenters. The number of hydrogen-bond acceptors (Lipinski definition) is 3. The average molecular weight is 178 g/mol. The van der Waals surface area contributed by atoms with Crippen molar-refractivity contribution in [3.8, 4) is 11.1 Å². The van der Waals surface area contributed by atoms with E-state index in [0.29, 0.717) is 5.69 Å². The van der Waals surface area contributed by atoms with Crippen LogP contribution < -0.4 is 0 Å². The van der Waals surface area contributed by atoms with Crippen molar-refractivity contribution < 1.29 is 5.11 Å². The molecule has 0 aliphatic carbocycles. The maximum absolute atomic E-state index is 9.00. The lowest BCUT2D eigenvalue weighted by Gasteiger charge is -1.96. The minimum atomic E-state index is -0.0417. The lowest BCUT2D eigenvalue weighted by Crippen LogP contribution is -1.87. The number of aryl methyl sites for hydroxylation is 1. The molecule has 5 heteroatoms. The van der Waals surface area contributed by atoms with Crippen molar-refractivity contribution in [2.45, 2.75) is 13.5 Å². The Bertz CT molecular complexity index is 404. The van der Waals surface area contributed by atoms with Crippen LogP contribution in [0.4, 0.5) is 0 Å². The molecule has 0 fully saturated rings. The van der Waals surface area contributed by atoms with Crippen LogP contribution >= 0.6 is 0 Å². The summed E-state index contributed by atoms with van der Waals surface area (Å²) < 4.78 is 0. The Balaban J connectivity index is 2.52. The van der Waals surface area contributed by atoms with E-state index >= 15 is 0 Å². The Hall–Kier alpha value is -1.62. The van der Waals surface area contributed by atoms with Gasteiger partial charge in [0.15, 0.2) is 0 Å². The number of nitrogens with one attached hydrogen (secondary N) is 2. The first-order valence-electron chi connectivity index (χ1n) is 3.96. The third-order valence-electron chi connectivity index (χ3n) is 2.00. The number of aliphatic hydroxyl groups is 1. The Morgan fingerprint density at radius 1 is 1.23 bits per heavy atom. The molecule has 0 bridgehead atoms. The molecule has 2 aromatic rings. The number of aromatic amines is 2. The second kappa shape index (κ2) is 3.02. The highest BCUT2D eigenvalue weighted by atomic mass is 16.3. The van der Waals surface area contributed by atoms with E-state index in [0.717, 1.165) is 16.8 Å². The predicted octanol–water partition coefficient (Wildman–Crippen LogP) is 0.601. The molecule has 0 amide bonds. The number of hydrogen-bond donors (Lipinski definition) is 3. The van der Waals surface area contributed by atoms with Crippen LogP contribution in [0.3, 0.4) is 0 Å². The summed E-state index contributed by atoms with van der Waals surface area (Å²) in [5, 5.41) is 22.3. The van der Waals surface area contributed by atoms with E-state index in [9.17, 15) is 0 Å². The van der Waals surface area contributed by atoms with Gasteiger partial charge in [0.05, 0.1) is 24.7 Å². The van der Waals surface area contributed by atoms with Crippen LogP contribution in [0.15, 0.2) is 12.4 Å². The quantitative estimate of drug-likeness (QED) is 0.630. The molecular formula is C8H10N4O. The van der Waals surface area contributed by atoms with E-state index in [2.05, 4.69) is 20.4 Å². The topological polar surface area (TPSA) is 77.6 Å². The fourth-order valence-electron chi connectivity index (χ4n) is 1.29. The largest absolute Gasteiger partial charge is 0.390 e. The van der Waals surface area contributed by atoms with Gasteiger partial charge in [0.2, 0.25) is 0 Å². The van der Waals surface area contributed by atoms with Gasteiger partial charge < -0.3 is 5.11 Å². The van der Waals surface area contributed by atoms with Gasteiger partial charge in [-0.2, -0.15) is 10.2 Å². The summed E-state index contributed by atoms with van der Waals surface area (Å²) in [6.07, 6.45) is 3.41. The van der Waals surface area contributed by atoms with Gasteiger partial charge in [-0.15, -0.1) is 0 Å². The van der Waals surface area contributed by atoms with Crippen molar-refractivity contribution in [3.05, 3.63) is 23.8 Å². The lowest BCUT2D eigenvalue weighted by atomic mass is 10.1. The summed E-state index contributed by atoms with van der Waals surface area (Å²) in [6, 6.07) is 0. The molecule has 0 atom stereocenters. The van der Waals surface area contributed by atoms with Gasteiger partial charge in [-0.3, -0.25) is 10.2 Å². The van der Waals surface area contributed by atoms with Crippen LogP contribution in [0.5, 0.6) is 0 Å². The van der Waals surface area contributed by atoms with Gasteiger partial charge in [-0.25, -0.2) is 0 Å². The Kier molecular flexibility index (Phi) is 1.86. The molecule has 13 heavy (non-hydrogen) atoms. The minimum Gasteiger partial charge on any atom is -0.390 e. The van der Waals surface area contributed by atoms with E-state index in [4.69, 9.17) is 5.11 Å². The first kappa shape index (κ1) is 8.00. The van der Waals surface area contributed by atoms with Gasteiger partial charge >= 0.3 is 0 Å². The van der Waals surface area contributed by atoms with E-state index in [1.807, 2.05) is 6.92 Å². The monoisotopic (exact) mass is 178 g/mol. The highest BCUT2D eigenvalue weighted by molar-refractivity contribution is 5.66. The first-order valence-corrected chi connectivity index (χ1v) is 3.96. The average Bonchev–Trinajstić information content (AvgIpc) is 2.71. The molecule has 0 saturated heterocycles. The normalized spacial score (nSPS) is 10.6. The van der Waals surface area contributed by atoms with Crippen LogP contribution in [-0.2, 0) is 6.61 Å². The molecule has 68 valence electrons. The summed E-state index contributed by atoms with van der Waals surface area (Å²) in [7, 11) is 0. The van der Waals surface area contributed by atoms with Crippen molar-refractivity contribution >= 4 is 0 Å². The van der Waals surface area contributed by atoms with Crippen molar-refractivity contribution in [1.82, 2.24) is 20.4 Å². The first-order chi connectivity index (χ1) is 6.33. The zero-order valence-electron chi connectivity index (χ0n) is 7.20. The van der Waals surface area contributed by atoms with Gasteiger partial charge in [0, 0.05) is 16.8 Å². The SMILES string of the molecule is Cc1[nH]ncc1-c1cn[nH]c1CO. The van der Waals surface area contributed by atoms with Gasteiger partial charge in [0.1, 0.15) is 0 Å². The Labute approximate surface area is 74.8 Å². The smallest absolute Gasteiger partial charge is 0.0853 e. The zero-order chi connectivity index (χ0) is 9.26. The molecule has 0 aliphatic rings. The van der Waals surface area contributed by atoms with E-state index in [1.165, 1.54) is 0 Å². The molecule has 0 aromatic carbocycles. The molecule has 2 rings (SSSR count). The Morgan fingerprint density at radius 3 is 2.54 bits per heavy atom. The van der Waals surface area contributed by atoms with Crippen molar-refractivity contribution in [3.63, 3.8) is 0 Å². The summed E-state index contributed by atoms with van der Waals surface area (Å²) in [4.78, 5) is 0. The highest BCUT2D eigenvalue weighted by Gasteiger charge is 2.09. The third kappa shape index (κ3) is 1.23. The van der Waals surface area contributed by atoms with E-state index in [1.54, 1.807) is 12.4 Å². The summed E-state index contributed by atoms with van der Waals surface area (Å²) >= 11 is 0. The minimum absolute atomic E-state index is 0.0417. The molecule has 2 aromatic heterocycles. The number of rotatable bonds is 2. The van der Waals surface area contributed by atoms with E-state index in [-0.39, 0.29) is 6.61 Å². The van der Waals surface area contributed by atoms with Crippen molar-refractivity contribution in [1.29, 1.82) is 0 Å². The Morgan fingerprint density at radius 2 is 1.92 bits per heavy atom. The van der Waals surface area contributed by atoms with Crippen LogP contribution in [0.1, 0.15) is 11.4 Å². The maximum atomic E-state index is 9.00. The second-order valence-electron chi connectivity index (χ2n) is 2.83. The highest BCUT2D eigenvalue weighted by Crippen LogP contribution is 2.23. The second-order valence-corrected chi connectivity index (χ2v) is 2.83. The fraction of sp³-hybridized carbons (Fsp3) is 0.250. The van der Waals surface area contributed by atoms with Gasteiger partial charge in [-0.1, -0.05) is 0 Å². The molecule has 2 heterocycles. The molecule has 5 nitrogen and oxygen atoms in total.